The fraction of sp³-hybridized carbons (Fsp3) is 0.778. The lowest BCUT2D eigenvalue weighted by Crippen LogP contribution is -1.95. The van der Waals surface area contributed by atoms with Crippen molar-refractivity contribution in [2.45, 2.75) is 32.6 Å². The highest BCUT2D eigenvalue weighted by molar-refractivity contribution is 5.27. The highest BCUT2D eigenvalue weighted by Gasteiger charge is 2.54. The van der Waals surface area contributed by atoms with Gasteiger partial charge in [0.25, 0.3) is 0 Å². The highest BCUT2D eigenvalue weighted by atomic mass is 14.6. The van der Waals surface area contributed by atoms with Crippen LogP contribution >= 0.6 is 0 Å². The van der Waals surface area contributed by atoms with E-state index in [1.54, 1.807) is 0 Å². The standard InChI is InChI=1S/C9H12N2/c1-2-3-4-8-5-9(8,6-10)7-11/h8H,2-5H2,1H3. The zero-order valence-corrected chi connectivity index (χ0v) is 6.80. The lowest BCUT2D eigenvalue weighted by molar-refractivity contribution is 0.602. The summed E-state index contributed by atoms with van der Waals surface area (Å²) >= 11 is 0. The Bertz CT molecular complexity index is 205. The molecule has 58 valence electrons. The van der Waals surface area contributed by atoms with Crippen molar-refractivity contribution in [1.29, 1.82) is 10.5 Å². The van der Waals surface area contributed by atoms with Crippen LogP contribution in [0.15, 0.2) is 0 Å². The molecule has 0 radical (unpaired) electrons. The molecule has 0 N–H and O–H groups in total. The first-order chi connectivity index (χ1) is 5.29. The number of nitriles is 2. The number of hydrogen-bond acceptors (Lipinski definition) is 2. The quantitative estimate of drug-likeness (QED) is 0.616. The van der Waals surface area contributed by atoms with Gasteiger partial charge in [0, 0.05) is 0 Å². The average Bonchev–Trinajstić information content (AvgIpc) is 2.76. The minimum atomic E-state index is -0.588. The van der Waals surface area contributed by atoms with Gasteiger partial charge in [-0.15, -0.1) is 0 Å². The van der Waals surface area contributed by atoms with Gasteiger partial charge >= 0.3 is 0 Å². The summed E-state index contributed by atoms with van der Waals surface area (Å²) in [6.07, 6.45) is 4.16. The molecule has 0 heterocycles. The molecule has 1 fully saturated rings. The van der Waals surface area contributed by atoms with Crippen molar-refractivity contribution in [2.75, 3.05) is 0 Å². The van der Waals surface area contributed by atoms with E-state index in [9.17, 15) is 0 Å². The maximum absolute atomic E-state index is 8.65. The van der Waals surface area contributed by atoms with E-state index in [1.165, 1.54) is 0 Å². The zero-order valence-electron chi connectivity index (χ0n) is 6.80. The molecule has 0 aromatic carbocycles. The van der Waals surface area contributed by atoms with E-state index in [1.807, 2.05) is 0 Å². The van der Waals surface area contributed by atoms with Gasteiger partial charge in [-0.3, -0.25) is 0 Å². The van der Waals surface area contributed by atoms with Gasteiger partial charge in [-0.05, 0) is 18.8 Å². The summed E-state index contributed by atoms with van der Waals surface area (Å²) < 4.78 is 0. The molecule has 2 heteroatoms. The molecule has 11 heavy (non-hydrogen) atoms. The van der Waals surface area contributed by atoms with E-state index < -0.39 is 5.41 Å². The Morgan fingerprint density at radius 2 is 2.09 bits per heavy atom. The molecule has 1 atom stereocenters. The van der Waals surface area contributed by atoms with Gasteiger partial charge in [0.1, 0.15) is 5.41 Å². The molecule has 1 rings (SSSR count). The molecule has 1 unspecified atom stereocenters. The molecule has 1 aliphatic carbocycles. The molecule has 0 saturated heterocycles. The van der Waals surface area contributed by atoms with Gasteiger partial charge in [0.05, 0.1) is 12.1 Å². The molecule has 0 aromatic heterocycles. The Kier molecular flexibility index (Phi) is 2.15. The molecule has 0 aromatic rings. The topological polar surface area (TPSA) is 47.6 Å². The first-order valence-corrected chi connectivity index (χ1v) is 4.11. The number of hydrogen-bond donors (Lipinski definition) is 0. The minimum absolute atomic E-state index is 0.373. The number of nitrogens with zero attached hydrogens (tertiary/aromatic N) is 2. The Hall–Kier alpha value is -1.02. The molecule has 0 bridgehead atoms. The summed E-state index contributed by atoms with van der Waals surface area (Å²) in [5.41, 5.74) is -0.588. The Morgan fingerprint density at radius 3 is 2.45 bits per heavy atom. The second-order valence-electron chi connectivity index (χ2n) is 3.24. The predicted molar refractivity (Wildman–Crippen MR) is 41.3 cm³/mol. The van der Waals surface area contributed by atoms with Crippen LogP contribution in [0.5, 0.6) is 0 Å². The number of rotatable bonds is 3. The third kappa shape index (κ3) is 1.35. The van der Waals surface area contributed by atoms with Crippen molar-refractivity contribution >= 4 is 0 Å². The lowest BCUT2D eigenvalue weighted by Gasteiger charge is -1.95. The molecular weight excluding hydrogens is 136 g/mol. The van der Waals surface area contributed by atoms with Crippen LogP contribution < -0.4 is 0 Å². The van der Waals surface area contributed by atoms with E-state index in [0.717, 1.165) is 25.7 Å². The third-order valence-electron chi connectivity index (χ3n) is 2.41. The minimum Gasteiger partial charge on any atom is -0.197 e. The summed E-state index contributed by atoms with van der Waals surface area (Å²) in [6, 6.07) is 4.20. The predicted octanol–water partition coefficient (Wildman–Crippen LogP) is 2.23. The Morgan fingerprint density at radius 1 is 1.45 bits per heavy atom. The lowest BCUT2D eigenvalue weighted by atomic mass is 10.0. The van der Waals surface area contributed by atoms with E-state index in [2.05, 4.69) is 19.1 Å². The van der Waals surface area contributed by atoms with Crippen molar-refractivity contribution in [1.82, 2.24) is 0 Å². The van der Waals surface area contributed by atoms with Gasteiger partial charge in [0.15, 0.2) is 0 Å². The summed E-state index contributed by atoms with van der Waals surface area (Å²) in [7, 11) is 0. The molecule has 0 aliphatic heterocycles. The maximum Gasteiger partial charge on any atom is 0.147 e. The van der Waals surface area contributed by atoms with E-state index in [4.69, 9.17) is 10.5 Å². The van der Waals surface area contributed by atoms with Gasteiger partial charge in [0.2, 0.25) is 0 Å². The van der Waals surface area contributed by atoms with Gasteiger partial charge in [-0.25, -0.2) is 0 Å². The normalized spacial score (nSPS) is 25.2. The first kappa shape index (κ1) is 8.08. The van der Waals surface area contributed by atoms with Crippen LogP contribution in [0.3, 0.4) is 0 Å². The SMILES string of the molecule is CCCCC1CC1(C#N)C#N. The Balaban J connectivity index is 2.36. The van der Waals surface area contributed by atoms with Crippen molar-refractivity contribution in [3.8, 4) is 12.1 Å². The summed E-state index contributed by atoms with van der Waals surface area (Å²) in [5, 5.41) is 17.3. The average molecular weight is 148 g/mol. The molecule has 0 amide bonds. The fourth-order valence-corrected chi connectivity index (χ4v) is 1.43. The summed E-state index contributed by atoms with van der Waals surface area (Å²) in [4.78, 5) is 0. The van der Waals surface area contributed by atoms with Crippen LogP contribution in [0.2, 0.25) is 0 Å². The maximum atomic E-state index is 8.65. The van der Waals surface area contributed by atoms with Crippen LogP contribution in [0.25, 0.3) is 0 Å². The second kappa shape index (κ2) is 2.93. The van der Waals surface area contributed by atoms with Gasteiger partial charge < -0.3 is 0 Å². The van der Waals surface area contributed by atoms with Gasteiger partial charge in [-0.2, -0.15) is 10.5 Å². The van der Waals surface area contributed by atoms with Crippen LogP contribution in [0.4, 0.5) is 0 Å². The zero-order chi connectivity index (χ0) is 8.32. The van der Waals surface area contributed by atoms with E-state index >= 15 is 0 Å². The summed E-state index contributed by atoms with van der Waals surface area (Å²) in [6.45, 7) is 2.13. The molecule has 1 aliphatic rings. The van der Waals surface area contributed by atoms with Crippen molar-refractivity contribution in [3.05, 3.63) is 0 Å². The van der Waals surface area contributed by atoms with Gasteiger partial charge in [-0.1, -0.05) is 19.8 Å². The molecule has 1 saturated carbocycles. The van der Waals surface area contributed by atoms with Crippen molar-refractivity contribution in [2.24, 2.45) is 11.3 Å². The highest BCUT2D eigenvalue weighted by Crippen LogP contribution is 2.54. The fourth-order valence-electron chi connectivity index (χ4n) is 1.43. The van der Waals surface area contributed by atoms with Crippen LogP contribution in [0.1, 0.15) is 32.6 Å². The second-order valence-corrected chi connectivity index (χ2v) is 3.24. The smallest absolute Gasteiger partial charge is 0.147 e. The van der Waals surface area contributed by atoms with Crippen molar-refractivity contribution in [3.63, 3.8) is 0 Å². The largest absolute Gasteiger partial charge is 0.197 e. The van der Waals surface area contributed by atoms with Crippen molar-refractivity contribution < 1.29 is 0 Å². The number of unbranched alkanes of at least 4 members (excludes halogenated alkanes) is 1. The monoisotopic (exact) mass is 148 g/mol. The first-order valence-electron chi connectivity index (χ1n) is 4.11. The summed E-state index contributed by atoms with van der Waals surface area (Å²) in [5.74, 6) is 0.373. The molecule has 2 nitrogen and oxygen atoms in total. The molecular formula is C9H12N2. The van der Waals surface area contributed by atoms with E-state index in [0.29, 0.717) is 5.92 Å². The third-order valence-corrected chi connectivity index (χ3v) is 2.41. The Labute approximate surface area is 67.4 Å². The van der Waals surface area contributed by atoms with Crippen LogP contribution in [-0.4, -0.2) is 0 Å². The van der Waals surface area contributed by atoms with E-state index in [-0.39, 0.29) is 0 Å². The van der Waals surface area contributed by atoms with Crippen LogP contribution in [-0.2, 0) is 0 Å². The molecule has 0 spiro atoms. The van der Waals surface area contributed by atoms with Crippen LogP contribution in [0, 0.1) is 34.0 Å².